The van der Waals surface area contributed by atoms with Gasteiger partial charge in [-0.1, -0.05) is 18.2 Å². The maximum Gasteiger partial charge on any atom is 0.420 e. The smallest absolute Gasteiger partial charge is 0.420 e. The van der Waals surface area contributed by atoms with Gasteiger partial charge < -0.3 is 14.5 Å². The normalized spacial score (nSPS) is 12.0. The van der Waals surface area contributed by atoms with Gasteiger partial charge in [-0.25, -0.2) is 9.59 Å². The van der Waals surface area contributed by atoms with E-state index in [2.05, 4.69) is 5.32 Å². The summed E-state index contributed by atoms with van der Waals surface area (Å²) in [5, 5.41) is 2.76. The molecule has 0 aliphatic carbocycles. The van der Waals surface area contributed by atoms with Crippen LogP contribution in [0.5, 0.6) is 0 Å². The number of aryl methyl sites for hydroxylation is 1. The summed E-state index contributed by atoms with van der Waals surface area (Å²) in [4.78, 5) is 36.5. The van der Waals surface area contributed by atoms with Crippen LogP contribution in [0.4, 0.5) is 5.69 Å². The monoisotopic (exact) mass is 354 g/mol. The molecule has 0 unspecified atom stereocenters. The zero-order chi connectivity index (χ0) is 18.8. The first-order valence-corrected chi connectivity index (χ1v) is 8.02. The SMILES string of the molecule is COC(=O)c1ccc(C)c(NC(=O)[C@@H](C)n2c(=O)oc3ccccc32)c1. The molecular weight excluding hydrogens is 336 g/mol. The third kappa shape index (κ3) is 3.11. The number of hydrogen-bond acceptors (Lipinski definition) is 5. The minimum atomic E-state index is -0.799. The standard InChI is InChI=1S/C19H18N2O5/c1-11-8-9-13(18(23)25-3)10-14(11)20-17(22)12(2)21-15-6-4-5-7-16(15)26-19(21)24/h4-10,12H,1-3H3,(H,20,22)/t12-/m1/s1. The van der Waals surface area contributed by atoms with E-state index in [4.69, 9.17) is 9.15 Å². The van der Waals surface area contributed by atoms with Gasteiger partial charge in [-0.3, -0.25) is 9.36 Å². The number of rotatable bonds is 4. The van der Waals surface area contributed by atoms with Crippen molar-refractivity contribution in [2.24, 2.45) is 0 Å². The van der Waals surface area contributed by atoms with E-state index in [1.807, 2.05) is 0 Å². The lowest BCUT2D eigenvalue weighted by atomic mass is 10.1. The molecule has 1 amide bonds. The average Bonchev–Trinajstić information content (AvgIpc) is 2.97. The van der Waals surface area contributed by atoms with Crippen molar-refractivity contribution in [2.75, 3.05) is 12.4 Å². The van der Waals surface area contributed by atoms with Gasteiger partial charge in [0.1, 0.15) is 6.04 Å². The van der Waals surface area contributed by atoms with Gasteiger partial charge in [0.2, 0.25) is 5.91 Å². The zero-order valence-corrected chi connectivity index (χ0v) is 14.6. The molecule has 3 rings (SSSR count). The highest BCUT2D eigenvalue weighted by atomic mass is 16.5. The fraction of sp³-hybridized carbons (Fsp3) is 0.211. The van der Waals surface area contributed by atoms with Gasteiger partial charge in [0.05, 0.1) is 18.2 Å². The van der Waals surface area contributed by atoms with Crippen LogP contribution in [0.3, 0.4) is 0 Å². The first kappa shape index (κ1) is 17.5. The molecule has 26 heavy (non-hydrogen) atoms. The summed E-state index contributed by atoms with van der Waals surface area (Å²) in [6.45, 7) is 3.42. The van der Waals surface area contributed by atoms with Crippen molar-refractivity contribution in [3.8, 4) is 0 Å². The van der Waals surface area contributed by atoms with E-state index in [-0.39, 0.29) is 0 Å². The fourth-order valence-corrected chi connectivity index (χ4v) is 2.71. The minimum absolute atomic E-state index is 0.326. The molecule has 0 radical (unpaired) electrons. The first-order valence-electron chi connectivity index (χ1n) is 8.02. The molecule has 0 aliphatic heterocycles. The van der Waals surface area contributed by atoms with Gasteiger partial charge in [-0.05, 0) is 43.7 Å². The van der Waals surface area contributed by atoms with Crippen molar-refractivity contribution in [1.29, 1.82) is 0 Å². The van der Waals surface area contributed by atoms with E-state index >= 15 is 0 Å². The maximum atomic E-state index is 12.7. The number of methoxy groups -OCH3 is 1. The summed E-state index contributed by atoms with van der Waals surface area (Å²) in [7, 11) is 1.29. The van der Waals surface area contributed by atoms with E-state index in [1.165, 1.54) is 11.7 Å². The Balaban J connectivity index is 1.91. The maximum absolute atomic E-state index is 12.7. The number of nitrogens with one attached hydrogen (secondary N) is 1. The van der Waals surface area contributed by atoms with Gasteiger partial charge in [-0.15, -0.1) is 0 Å². The Bertz CT molecular complexity index is 1050. The van der Waals surface area contributed by atoms with Crippen molar-refractivity contribution in [1.82, 2.24) is 4.57 Å². The van der Waals surface area contributed by atoms with Gasteiger partial charge in [0.15, 0.2) is 5.58 Å². The minimum Gasteiger partial charge on any atom is -0.465 e. The summed E-state index contributed by atoms with van der Waals surface area (Å²) in [5.74, 6) is -1.50. The number of amides is 1. The van der Waals surface area contributed by atoms with Gasteiger partial charge in [-0.2, -0.15) is 0 Å². The Morgan fingerprint density at radius 1 is 1.19 bits per heavy atom. The summed E-state index contributed by atoms with van der Waals surface area (Å²) in [6, 6.07) is 11.0. The highest BCUT2D eigenvalue weighted by molar-refractivity contribution is 5.97. The summed E-state index contributed by atoms with van der Waals surface area (Å²) in [5.41, 5.74) is 2.54. The van der Waals surface area contributed by atoms with Crippen molar-refractivity contribution in [3.05, 3.63) is 64.1 Å². The molecule has 3 aromatic rings. The number of hydrogen-bond donors (Lipinski definition) is 1. The molecule has 1 N–H and O–H groups in total. The molecule has 0 spiro atoms. The number of carbonyl (C=O) groups is 2. The second kappa shape index (κ2) is 6.87. The van der Waals surface area contributed by atoms with E-state index in [0.29, 0.717) is 22.4 Å². The average molecular weight is 354 g/mol. The lowest BCUT2D eigenvalue weighted by Crippen LogP contribution is -2.29. The van der Waals surface area contributed by atoms with Gasteiger partial charge >= 0.3 is 11.7 Å². The Hall–Kier alpha value is -3.35. The third-order valence-electron chi connectivity index (χ3n) is 4.20. The zero-order valence-electron chi connectivity index (χ0n) is 14.6. The highest BCUT2D eigenvalue weighted by Gasteiger charge is 2.22. The molecule has 0 saturated heterocycles. The Kier molecular flexibility index (Phi) is 4.62. The van der Waals surface area contributed by atoms with Gasteiger partial charge in [0, 0.05) is 5.69 Å². The highest BCUT2D eigenvalue weighted by Crippen LogP contribution is 2.21. The molecule has 7 nitrogen and oxygen atoms in total. The second-order valence-corrected chi connectivity index (χ2v) is 5.89. The molecule has 7 heteroatoms. The molecule has 1 aromatic heterocycles. The van der Waals surface area contributed by atoms with Crippen LogP contribution >= 0.6 is 0 Å². The van der Waals surface area contributed by atoms with E-state index in [0.717, 1.165) is 5.56 Å². The van der Waals surface area contributed by atoms with Crippen LogP contribution < -0.4 is 11.1 Å². The van der Waals surface area contributed by atoms with E-state index in [9.17, 15) is 14.4 Å². The molecule has 0 aliphatic rings. The number of oxazole rings is 1. The number of nitrogens with zero attached hydrogens (tertiary/aromatic N) is 1. The predicted molar refractivity (Wildman–Crippen MR) is 96.3 cm³/mol. The molecule has 0 fully saturated rings. The largest absolute Gasteiger partial charge is 0.465 e. The van der Waals surface area contributed by atoms with Crippen LogP contribution in [0.25, 0.3) is 11.1 Å². The summed E-state index contributed by atoms with van der Waals surface area (Å²) < 4.78 is 11.2. The molecule has 0 saturated carbocycles. The van der Waals surface area contributed by atoms with Crippen LogP contribution in [0.2, 0.25) is 0 Å². The number of esters is 1. The summed E-state index contributed by atoms with van der Waals surface area (Å²) >= 11 is 0. The number of anilines is 1. The number of aromatic nitrogens is 1. The fourth-order valence-electron chi connectivity index (χ4n) is 2.71. The topological polar surface area (TPSA) is 90.5 Å². The molecular formula is C19H18N2O5. The Morgan fingerprint density at radius 3 is 2.65 bits per heavy atom. The first-order chi connectivity index (χ1) is 12.4. The van der Waals surface area contributed by atoms with Crippen LogP contribution in [-0.2, 0) is 9.53 Å². The van der Waals surface area contributed by atoms with Crippen LogP contribution in [0, 0.1) is 6.92 Å². The lowest BCUT2D eigenvalue weighted by Gasteiger charge is -2.15. The predicted octanol–water partition coefficient (Wildman–Crippen LogP) is 2.89. The van der Waals surface area contributed by atoms with Crippen molar-refractivity contribution in [2.45, 2.75) is 19.9 Å². The number of carbonyl (C=O) groups excluding carboxylic acids is 2. The lowest BCUT2D eigenvalue weighted by molar-refractivity contribution is -0.118. The quantitative estimate of drug-likeness (QED) is 0.728. The number of fused-ring (bicyclic) bond motifs is 1. The number of para-hydroxylation sites is 2. The van der Waals surface area contributed by atoms with E-state index < -0.39 is 23.7 Å². The Labute approximate surface area is 149 Å². The molecule has 134 valence electrons. The third-order valence-corrected chi connectivity index (χ3v) is 4.20. The van der Waals surface area contributed by atoms with Crippen LogP contribution in [-0.4, -0.2) is 23.6 Å². The number of ether oxygens (including phenoxy) is 1. The van der Waals surface area contributed by atoms with Crippen molar-refractivity contribution < 1.29 is 18.7 Å². The van der Waals surface area contributed by atoms with Crippen LogP contribution in [0.15, 0.2) is 51.7 Å². The van der Waals surface area contributed by atoms with Crippen molar-refractivity contribution >= 4 is 28.7 Å². The number of benzene rings is 2. The van der Waals surface area contributed by atoms with Crippen LogP contribution in [0.1, 0.15) is 28.9 Å². The Morgan fingerprint density at radius 2 is 1.92 bits per heavy atom. The molecule has 0 bridgehead atoms. The van der Waals surface area contributed by atoms with E-state index in [1.54, 1.807) is 56.3 Å². The molecule has 1 heterocycles. The van der Waals surface area contributed by atoms with Crippen molar-refractivity contribution in [3.63, 3.8) is 0 Å². The van der Waals surface area contributed by atoms with Gasteiger partial charge in [0.25, 0.3) is 0 Å². The summed E-state index contributed by atoms with van der Waals surface area (Å²) in [6.07, 6.45) is 0. The second-order valence-electron chi connectivity index (χ2n) is 5.89. The molecule has 1 atom stereocenters. The molecule has 2 aromatic carbocycles.